The van der Waals surface area contributed by atoms with Crippen LogP contribution in [0.5, 0.6) is 0 Å². The maximum Gasteiger partial charge on any atom is 0.257 e. The fourth-order valence-corrected chi connectivity index (χ4v) is 5.10. The summed E-state index contributed by atoms with van der Waals surface area (Å²) in [5, 5.41) is 0. The summed E-state index contributed by atoms with van der Waals surface area (Å²) < 4.78 is 5.79. The van der Waals surface area contributed by atoms with Gasteiger partial charge in [-0.15, -0.1) is 0 Å². The van der Waals surface area contributed by atoms with Crippen LogP contribution in [-0.4, -0.2) is 47.9 Å². The number of hydrogen-bond acceptors (Lipinski definition) is 4. The molecule has 1 saturated carbocycles. The van der Waals surface area contributed by atoms with Crippen LogP contribution >= 0.6 is 0 Å². The van der Waals surface area contributed by atoms with Crippen LogP contribution in [0.2, 0.25) is 0 Å². The smallest absolute Gasteiger partial charge is 0.257 e. The highest BCUT2D eigenvalue weighted by Crippen LogP contribution is 2.32. The molecule has 3 aliphatic rings. The largest absolute Gasteiger partial charge is 0.376 e. The van der Waals surface area contributed by atoms with Crippen LogP contribution in [0.3, 0.4) is 0 Å². The Morgan fingerprint density at radius 3 is 2.39 bits per heavy atom. The van der Waals surface area contributed by atoms with E-state index in [4.69, 9.17) is 4.74 Å². The van der Waals surface area contributed by atoms with Gasteiger partial charge in [-0.25, -0.2) is 4.90 Å². The number of rotatable bonds is 6. The summed E-state index contributed by atoms with van der Waals surface area (Å²) in [6.45, 7) is 5.31. The molecule has 0 aromatic heterocycles. The van der Waals surface area contributed by atoms with Gasteiger partial charge in [0, 0.05) is 19.1 Å². The molecule has 1 aromatic rings. The first-order valence-corrected chi connectivity index (χ1v) is 11.8. The van der Waals surface area contributed by atoms with E-state index in [1.54, 1.807) is 4.90 Å². The number of amides is 3. The average Bonchev–Trinajstić information content (AvgIpc) is 3.39. The summed E-state index contributed by atoms with van der Waals surface area (Å²) in [5.74, 6) is -0.164. The monoisotopic (exact) mass is 426 g/mol. The summed E-state index contributed by atoms with van der Waals surface area (Å²) in [6, 6.07) is 6.87. The van der Waals surface area contributed by atoms with Crippen molar-refractivity contribution in [3.63, 3.8) is 0 Å². The summed E-state index contributed by atoms with van der Waals surface area (Å²) in [6.07, 6.45) is 6.88. The van der Waals surface area contributed by atoms with Gasteiger partial charge in [-0.1, -0.05) is 45.2 Å². The molecule has 168 valence electrons. The van der Waals surface area contributed by atoms with Crippen molar-refractivity contribution in [1.29, 1.82) is 0 Å². The standard InChI is InChI=1S/C25H34N2O4/c1-17(2)18-10-12-20(13-11-18)27-23(28)15-22(25(27)30)26(16-21-9-6-14-31-21)24(29)19-7-4-3-5-8-19/h10-13,17,19,21-22H,3-9,14-16H2,1-2H3. The highest BCUT2D eigenvalue weighted by atomic mass is 16.5. The van der Waals surface area contributed by atoms with Gasteiger partial charge in [0.1, 0.15) is 6.04 Å². The van der Waals surface area contributed by atoms with Crippen molar-refractivity contribution in [3.05, 3.63) is 29.8 Å². The number of carbonyl (C=O) groups excluding carboxylic acids is 3. The first-order valence-electron chi connectivity index (χ1n) is 11.8. The van der Waals surface area contributed by atoms with E-state index in [1.165, 1.54) is 4.90 Å². The molecule has 0 radical (unpaired) electrons. The summed E-state index contributed by atoms with van der Waals surface area (Å²) >= 11 is 0. The van der Waals surface area contributed by atoms with Gasteiger partial charge in [0.15, 0.2) is 0 Å². The third-order valence-electron chi connectivity index (χ3n) is 6.98. The van der Waals surface area contributed by atoms with Crippen LogP contribution < -0.4 is 4.90 Å². The first kappa shape index (κ1) is 22.0. The lowest BCUT2D eigenvalue weighted by Crippen LogP contribution is -2.50. The molecule has 2 heterocycles. The van der Waals surface area contributed by atoms with E-state index < -0.39 is 6.04 Å². The molecular formula is C25H34N2O4. The van der Waals surface area contributed by atoms with Crippen molar-refractivity contribution >= 4 is 23.4 Å². The zero-order chi connectivity index (χ0) is 22.0. The lowest BCUT2D eigenvalue weighted by atomic mass is 9.87. The van der Waals surface area contributed by atoms with Gasteiger partial charge in [0.25, 0.3) is 5.91 Å². The molecule has 3 fully saturated rings. The van der Waals surface area contributed by atoms with Crippen LogP contribution in [0.4, 0.5) is 5.69 Å². The van der Waals surface area contributed by atoms with E-state index in [1.807, 2.05) is 24.3 Å². The van der Waals surface area contributed by atoms with Gasteiger partial charge < -0.3 is 9.64 Å². The molecule has 31 heavy (non-hydrogen) atoms. The van der Waals surface area contributed by atoms with Gasteiger partial charge in [0.05, 0.1) is 18.2 Å². The third kappa shape index (κ3) is 4.69. The van der Waals surface area contributed by atoms with Crippen molar-refractivity contribution in [1.82, 2.24) is 4.90 Å². The van der Waals surface area contributed by atoms with Gasteiger partial charge >= 0.3 is 0 Å². The van der Waals surface area contributed by atoms with Gasteiger partial charge in [0.2, 0.25) is 11.8 Å². The minimum atomic E-state index is -0.726. The van der Waals surface area contributed by atoms with Crippen LogP contribution in [0.1, 0.15) is 76.7 Å². The van der Waals surface area contributed by atoms with Gasteiger partial charge in [-0.3, -0.25) is 14.4 Å². The molecule has 2 aliphatic heterocycles. The Hall–Kier alpha value is -2.21. The number of nitrogens with zero attached hydrogens (tertiary/aromatic N) is 2. The second-order valence-electron chi connectivity index (χ2n) is 9.49. The normalized spacial score (nSPS) is 24.9. The minimum absolute atomic E-state index is 0.0263. The Morgan fingerprint density at radius 2 is 1.77 bits per heavy atom. The molecule has 1 aromatic carbocycles. The number of imide groups is 1. The van der Waals surface area contributed by atoms with E-state index in [9.17, 15) is 14.4 Å². The van der Waals surface area contributed by atoms with E-state index in [0.717, 1.165) is 50.5 Å². The molecule has 1 aliphatic carbocycles. The Kier molecular flexibility index (Phi) is 6.75. The zero-order valence-electron chi connectivity index (χ0n) is 18.7. The lowest BCUT2D eigenvalue weighted by Gasteiger charge is -2.34. The Labute approximate surface area is 184 Å². The van der Waals surface area contributed by atoms with Crippen LogP contribution in [0.15, 0.2) is 24.3 Å². The molecule has 0 bridgehead atoms. The SMILES string of the molecule is CC(C)c1ccc(N2C(=O)CC(N(CC3CCCO3)C(=O)C3CCCCC3)C2=O)cc1. The molecule has 0 spiro atoms. The van der Waals surface area contributed by atoms with Crippen molar-refractivity contribution in [2.45, 2.75) is 83.3 Å². The minimum Gasteiger partial charge on any atom is -0.376 e. The maximum absolute atomic E-state index is 13.5. The second-order valence-corrected chi connectivity index (χ2v) is 9.49. The van der Waals surface area contributed by atoms with Crippen LogP contribution in [0, 0.1) is 5.92 Å². The second kappa shape index (κ2) is 9.51. The Morgan fingerprint density at radius 1 is 1.06 bits per heavy atom. The summed E-state index contributed by atoms with van der Waals surface area (Å²) in [5.41, 5.74) is 1.75. The molecule has 2 atom stereocenters. The molecular weight excluding hydrogens is 392 g/mol. The molecule has 6 heteroatoms. The third-order valence-corrected chi connectivity index (χ3v) is 6.98. The fourth-order valence-electron chi connectivity index (χ4n) is 5.10. The number of hydrogen-bond donors (Lipinski definition) is 0. The molecule has 2 saturated heterocycles. The molecule has 3 amide bonds. The fraction of sp³-hybridized carbons (Fsp3) is 0.640. The topological polar surface area (TPSA) is 66.9 Å². The zero-order valence-corrected chi connectivity index (χ0v) is 18.7. The van der Waals surface area contributed by atoms with Crippen LogP contribution in [-0.2, 0) is 19.1 Å². The van der Waals surface area contributed by atoms with Crippen molar-refractivity contribution < 1.29 is 19.1 Å². The van der Waals surface area contributed by atoms with E-state index in [0.29, 0.717) is 24.8 Å². The predicted molar refractivity (Wildman–Crippen MR) is 119 cm³/mol. The number of ether oxygens (including phenoxy) is 1. The number of anilines is 1. The van der Waals surface area contributed by atoms with Crippen molar-refractivity contribution in [2.75, 3.05) is 18.1 Å². The predicted octanol–water partition coefficient (Wildman–Crippen LogP) is 4.03. The van der Waals surface area contributed by atoms with Crippen molar-refractivity contribution in [3.8, 4) is 0 Å². The maximum atomic E-state index is 13.5. The highest BCUT2D eigenvalue weighted by Gasteiger charge is 2.46. The lowest BCUT2D eigenvalue weighted by molar-refractivity contribution is -0.144. The van der Waals surface area contributed by atoms with Crippen LogP contribution in [0.25, 0.3) is 0 Å². The van der Waals surface area contributed by atoms with Gasteiger partial charge in [-0.2, -0.15) is 0 Å². The highest BCUT2D eigenvalue weighted by molar-refractivity contribution is 6.23. The molecule has 4 rings (SSSR count). The Balaban J connectivity index is 1.56. The summed E-state index contributed by atoms with van der Waals surface area (Å²) in [7, 11) is 0. The van der Waals surface area contributed by atoms with Crippen molar-refractivity contribution in [2.24, 2.45) is 5.92 Å². The number of benzene rings is 1. The van der Waals surface area contributed by atoms with E-state index in [2.05, 4.69) is 13.8 Å². The number of carbonyl (C=O) groups is 3. The van der Waals surface area contributed by atoms with E-state index >= 15 is 0 Å². The molecule has 0 N–H and O–H groups in total. The summed E-state index contributed by atoms with van der Waals surface area (Å²) in [4.78, 5) is 42.7. The molecule has 6 nitrogen and oxygen atoms in total. The van der Waals surface area contributed by atoms with E-state index in [-0.39, 0.29) is 36.2 Å². The molecule has 2 unspecified atom stereocenters. The Bertz CT molecular complexity index is 807. The quantitative estimate of drug-likeness (QED) is 0.644. The first-order chi connectivity index (χ1) is 15.0. The average molecular weight is 427 g/mol. The van der Waals surface area contributed by atoms with Gasteiger partial charge in [-0.05, 0) is 49.3 Å².